The van der Waals surface area contributed by atoms with Crippen molar-refractivity contribution >= 4 is 23.5 Å². The van der Waals surface area contributed by atoms with Crippen molar-refractivity contribution < 1.29 is 4.79 Å². The van der Waals surface area contributed by atoms with Crippen LogP contribution in [-0.4, -0.2) is 25.7 Å². The number of pyridine rings is 2. The normalized spacial score (nSPS) is 10.6. The van der Waals surface area contributed by atoms with Gasteiger partial charge in [-0.25, -0.2) is 4.98 Å². The van der Waals surface area contributed by atoms with Gasteiger partial charge >= 0.3 is 0 Å². The fourth-order valence-corrected chi connectivity index (χ4v) is 3.50. The smallest absolute Gasteiger partial charge is 0.259 e. The maximum absolute atomic E-state index is 12.8. The van der Waals surface area contributed by atoms with Gasteiger partial charge in [-0.2, -0.15) is 5.10 Å². The summed E-state index contributed by atoms with van der Waals surface area (Å²) in [6, 6.07) is 20.9. The number of anilines is 1. The van der Waals surface area contributed by atoms with E-state index in [0.717, 1.165) is 10.6 Å². The molecule has 0 aliphatic carbocycles. The van der Waals surface area contributed by atoms with Gasteiger partial charge in [-0.1, -0.05) is 36.0 Å². The molecule has 3 aromatic heterocycles. The summed E-state index contributed by atoms with van der Waals surface area (Å²) in [6.45, 7) is 0.540. The summed E-state index contributed by atoms with van der Waals surface area (Å²) in [4.78, 5) is 22.4. The molecule has 0 spiro atoms. The number of hydrogen-bond acceptors (Lipinski definition) is 5. The standard InChI is InChI=1S/C21H17N5OS/c27-20(18-10-6-13-23-21(18)28-17-8-2-1-3-9-17)24-19-11-14-26(25-19)15-16-7-4-5-12-22-16/h1-14H,15H2,(H,24,25,27). The van der Waals surface area contributed by atoms with Gasteiger partial charge in [0.1, 0.15) is 5.03 Å². The molecule has 0 saturated heterocycles. The fraction of sp³-hybridized carbons (Fsp3) is 0.0476. The van der Waals surface area contributed by atoms with Crippen LogP contribution >= 0.6 is 11.8 Å². The summed E-state index contributed by atoms with van der Waals surface area (Å²) in [7, 11) is 0. The average molecular weight is 387 g/mol. The van der Waals surface area contributed by atoms with Crippen molar-refractivity contribution in [1.29, 1.82) is 0 Å². The van der Waals surface area contributed by atoms with Crippen LogP contribution in [0.1, 0.15) is 16.1 Å². The molecule has 138 valence electrons. The number of rotatable bonds is 6. The minimum atomic E-state index is -0.241. The summed E-state index contributed by atoms with van der Waals surface area (Å²) in [5, 5.41) is 7.90. The Kier molecular flexibility index (Phi) is 5.44. The number of carbonyl (C=O) groups excluding carboxylic acids is 1. The Morgan fingerprint density at radius 3 is 2.57 bits per heavy atom. The molecule has 0 fully saturated rings. The third kappa shape index (κ3) is 4.44. The van der Waals surface area contributed by atoms with E-state index in [1.807, 2.05) is 54.7 Å². The first kappa shape index (κ1) is 17.9. The number of carbonyl (C=O) groups is 1. The Bertz CT molecular complexity index is 1070. The van der Waals surface area contributed by atoms with E-state index in [0.29, 0.717) is 23.0 Å². The lowest BCUT2D eigenvalue weighted by molar-refractivity contribution is 0.102. The predicted molar refractivity (Wildman–Crippen MR) is 108 cm³/mol. The van der Waals surface area contributed by atoms with Crippen LogP contribution in [0.15, 0.2) is 95.2 Å². The third-order valence-corrected chi connectivity index (χ3v) is 4.93. The van der Waals surface area contributed by atoms with E-state index in [2.05, 4.69) is 20.4 Å². The number of aromatic nitrogens is 4. The third-order valence-electron chi connectivity index (χ3n) is 3.91. The molecule has 0 aliphatic rings. The van der Waals surface area contributed by atoms with Crippen LogP contribution in [0.5, 0.6) is 0 Å². The summed E-state index contributed by atoms with van der Waals surface area (Å²) >= 11 is 1.45. The van der Waals surface area contributed by atoms with E-state index in [1.165, 1.54) is 11.8 Å². The highest BCUT2D eigenvalue weighted by atomic mass is 32.2. The van der Waals surface area contributed by atoms with E-state index in [4.69, 9.17) is 0 Å². The highest BCUT2D eigenvalue weighted by Gasteiger charge is 2.15. The van der Waals surface area contributed by atoms with E-state index < -0.39 is 0 Å². The Labute approximate surface area is 166 Å². The van der Waals surface area contributed by atoms with Crippen molar-refractivity contribution in [3.8, 4) is 0 Å². The van der Waals surface area contributed by atoms with E-state index >= 15 is 0 Å². The summed E-state index contributed by atoms with van der Waals surface area (Å²) in [5.41, 5.74) is 1.41. The molecule has 1 N–H and O–H groups in total. The van der Waals surface area contributed by atoms with Crippen LogP contribution in [0, 0.1) is 0 Å². The van der Waals surface area contributed by atoms with Crippen molar-refractivity contribution in [3.63, 3.8) is 0 Å². The van der Waals surface area contributed by atoms with E-state index in [1.54, 1.807) is 35.3 Å². The number of benzene rings is 1. The molecule has 0 atom stereocenters. The molecule has 6 nitrogen and oxygen atoms in total. The first-order valence-electron chi connectivity index (χ1n) is 8.70. The van der Waals surface area contributed by atoms with Gasteiger partial charge in [0.05, 0.1) is 17.8 Å². The lowest BCUT2D eigenvalue weighted by Crippen LogP contribution is -2.14. The van der Waals surface area contributed by atoms with Gasteiger partial charge in [-0.05, 0) is 36.4 Å². The zero-order valence-electron chi connectivity index (χ0n) is 14.9. The molecular formula is C21H17N5OS. The van der Waals surface area contributed by atoms with Crippen molar-refractivity contribution in [3.05, 3.63) is 96.6 Å². The topological polar surface area (TPSA) is 72.7 Å². The molecule has 4 aromatic rings. The Morgan fingerprint density at radius 1 is 0.929 bits per heavy atom. The Balaban J connectivity index is 1.47. The largest absolute Gasteiger partial charge is 0.305 e. The van der Waals surface area contributed by atoms with Gasteiger partial charge in [0.15, 0.2) is 5.82 Å². The van der Waals surface area contributed by atoms with Gasteiger partial charge in [-0.3, -0.25) is 14.5 Å². The van der Waals surface area contributed by atoms with Crippen LogP contribution < -0.4 is 5.32 Å². The molecule has 3 heterocycles. The molecule has 0 saturated carbocycles. The van der Waals surface area contributed by atoms with Crippen molar-refractivity contribution in [2.75, 3.05) is 5.32 Å². The second kappa shape index (κ2) is 8.49. The zero-order chi connectivity index (χ0) is 19.2. The molecule has 0 unspecified atom stereocenters. The van der Waals surface area contributed by atoms with Gasteiger partial charge < -0.3 is 5.32 Å². The molecule has 0 bridgehead atoms. The van der Waals surface area contributed by atoms with Gasteiger partial charge in [-0.15, -0.1) is 0 Å². The van der Waals surface area contributed by atoms with Gasteiger partial charge in [0.25, 0.3) is 5.91 Å². The quantitative estimate of drug-likeness (QED) is 0.539. The monoisotopic (exact) mass is 387 g/mol. The van der Waals surface area contributed by atoms with E-state index in [9.17, 15) is 4.79 Å². The number of hydrogen-bond donors (Lipinski definition) is 1. The second-order valence-corrected chi connectivity index (χ2v) is 7.01. The second-order valence-electron chi connectivity index (χ2n) is 5.94. The van der Waals surface area contributed by atoms with Gasteiger partial charge in [0.2, 0.25) is 0 Å². The average Bonchev–Trinajstić information content (AvgIpc) is 3.16. The van der Waals surface area contributed by atoms with Crippen LogP contribution in [0.3, 0.4) is 0 Å². The lowest BCUT2D eigenvalue weighted by Gasteiger charge is -2.07. The minimum Gasteiger partial charge on any atom is -0.305 e. The van der Waals surface area contributed by atoms with Gasteiger partial charge in [0, 0.05) is 29.6 Å². The molecule has 1 amide bonds. The zero-order valence-corrected chi connectivity index (χ0v) is 15.7. The van der Waals surface area contributed by atoms with Crippen LogP contribution in [0.25, 0.3) is 0 Å². The SMILES string of the molecule is O=C(Nc1ccn(Cc2ccccn2)n1)c1cccnc1Sc1ccccc1. The van der Waals surface area contributed by atoms with Crippen LogP contribution in [0.2, 0.25) is 0 Å². The molecule has 4 rings (SSSR count). The maximum atomic E-state index is 12.8. The summed E-state index contributed by atoms with van der Waals surface area (Å²) in [6.07, 6.45) is 5.24. The number of nitrogens with one attached hydrogen (secondary N) is 1. The molecule has 0 radical (unpaired) electrons. The summed E-state index contributed by atoms with van der Waals surface area (Å²) in [5.74, 6) is 0.245. The highest BCUT2D eigenvalue weighted by Crippen LogP contribution is 2.28. The van der Waals surface area contributed by atoms with E-state index in [-0.39, 0.29) is 5.91 Å². The van der Waals surface area contributed by atoms with Crippen molar-refractivity contribution in [2.45, 2.75) is 16.5 Å². The first-order valence-corrected chi connectivity index (χ1v) is 9.52. The number of amides is 1. The molecule has 1 aromatic carbocycles. The minimum absolute atomic E-state index is 0.241. The maximum Gasteiger partial charge on any atom is 0.259 e. The molecule has 28 heavy (non-hydrogen) atoms. The van der Waals surface area contributed by atoms with Crippen LogP contribution in [-0.2, 0) is 6.54 Å². The van der Waals surface area contributed by atoms with Crippen LogP contribution in [0.4, 0.5) is 5.82 Å². The fourth-order valence-electron chi connectivity index (χ4n) is 2.60. The van der Waals surface area contributed by atoms with Crippen molar-refractivity contribution in [1.82, 2.24) is 19.7 Å². The molecular weight excluding hydrogens is 370 g/mol. The molecule has 7 heteroatoms. The van der Waals surface area contributed by atoms with Crippen molar-refractivity contribution in [2.24, 2.45) is 0 Å². The Morgan fingerprint density at radius 2 is 1.75 bits per heavy atom. The predicted octanol–water partition coefficient (Wildman–Crippen LogP) is 4.12. The summed E-state index contributed by atoms with van der Waals surface area (Å²) < 4.78 is 1.74. The lowest BCUT2D eigenvalue weighted by atomic mass is 10.2. The Hall–Kier alpha value is -3.45. The highest BCUT2D eigenvalue weighted by molar-refractivity contribution is 7.99. The number of nitrogens with zero attached hydrogens (tertiary/aromatic N) is 4. The first-order chi connectivity index (χ1) is 13.8. The molecule has 0 aliphatic heterocycles.